The molecule has 0 aromatic carbocycles. The highest BCUT2D eigenvalue weighted by Crippen LogP contribution is 2.13. The van der Waals surface area contributed by atoms with Gasteiger partial charge in [-0.15, -0.1) is 15.3 Å². The van der Waals surface area contributed by atoms with Gasteiger partial charge in [0.25, 0.3) is 0 Å². The van der Waals surface area contributed by atoms with Crippen LogP contribution in [0.25, 0.3) is 5.82 Å². The maximum absolute atomic E-state index is 4.34. The second kappa shape index (κ2) is 6.75. The Morgan fingerprint density at radius 2 is 1.71 bits per heavy atom. The lowest BCUT2D eigenvalue weighted by molar-refractivity contribution is 0.243. The lowest BCUT2D eigenvalue weighted by Gasteiger charge is -2.35. The molecule has 124 valence electrons. The highest BCUT2D eigenvalue weighted by atomic mass is 15.4. The van der Waals surface area contributed by atoms with Crippen LogP contribution in [0.15, 0.2) is 43.0 Å². The van der Waals surface area contributed by atoms with Crippen LogP contribution in [-0.4, -0.2) is 72.6 Å². The number of hydrogen-bond acceptors (Lipinski definition) is 7. The molecule has 3 aromatic heterocycles. The molecule has 3 aromatic rings. The Morgan fingerprint density at radius 1 is 0.875 bits per heavy atom. The third-order valence-electron chi connectivity index (χ3n) is 4.19. The van der Waals surface area contributed by atoms with Crippen molar-refractivity contribution in [3.8, 4) is 5.82 Å². The predicted molar refractivity (Wildman–Crippen MR) is 87.8 cm³/mol. The fourth-order valence-corrected chi connectivity index (χ4v) is 2.81. The quantitative estimate of drug-likeness (QED) is 0.657. The summed E-state index contributed by atoms with van der Waals surface area (Å²) in [5.74, 6) is 1.65. The Bertz CT molecular complexity index is 728. The smallest absolute Gasteiger partial charge is 0.175 e. The maximum Gasteiger partial charge on any atom is 0.175 e. The maximum atomic E-state index is 4.34. The van der Waals surface area contributed by atoms with E-state index < -0.39 is 0 Å². The molecular weight excluding hydrogens is 306 g/mol. The number of anilines is 1. The highest BCUT2D eigenvalue weighted by molar-refractivity contribution is 5.40. The van der Waals surface area contributed by atoms with Crippen molar-refractivity contribution in [1.29, 1.82) is 0 Å². The van der Waals surface area contributed by atoms with Gasteiger partial charge in [0.1, 0.15) is 0 Å². The van der Waals surface area contributed by atoms with Crippen molar-refractivity contribution in [3.63, 3.8) is 0 Å². The minimum Gasteiger partial charge on any atom is -0.353 e. The minimum absolute atomic E-state index is 0.732. The van der Waals surface area contributed by atoms with Crippen LogP contribution in [0.1, 0.15) is 0 Å². The van der Waals surface area contributed by atoms with Gasteiger partial charge in [-0.3, -0.25) is 9.58 Å². The van der Waals surface area contributed by atoms with Gasteiger partial charge in [-0.2, -0.15) is 5.10 Å². The van der Waals surface area contributed by atoms with E-state index in [1.807, 2.05) is 35.3 Å². The molecule has 1 aliphatic heterocycles. The summed E-state index contributed by atoms with van der Waals surface area (Å²) in [7, 11) is 0. The molecule has 4 rings (SSSR count). The molecule has 1 fully saturated rings. The second-order valence-electron chi connectivity index (χ2n) is 5.70. The SMILES string of the molecule is c1cnn(-c2ccc(N3CCN(CCn4ccnn4)CC3)nn2)c1. The molecular formula is C15H19N9. The van der Waals surface area contributed by atoms with Gasteiger partial charge in [-0.1, -0.05) is 5.21 Å². The first kappa shape index (κ1) is 14.8. The zero-order valence-corrected chi connectivity index (χ0v) is 13.3. The standard InChI is InChI=1S/C15H19N9/c1-4-17-24(6-1)15-3-2-14(18-19-15)22-11-8-21(9-12-22)10-13-23-7-5-16-20-23/h1-7H,8-13H2. The van der Waals surface area contributed by atoms with Crippen molar-refractivity contribution in [2.24, 2.45) is 0 Å². The Balaban J connectivity index is 1.30. The van der Waals surface area contributed by atoms with E-state index in [1.54, 1.807) is 17.1 Å². The average Bonchev–Trinajstić information content (AvgIpc) is 3.34. The zero-order valence-electron chi connectivity index (χ0n) is 13.3. The first-order valence-corrected chi connectivity index (χ1v) is 8.04. The molecule has 0 atom stereocenters. The summed E-state index contributed by atoms with van der Waals surface area (Å²) in [4.78, 5) is 4.70. The molecule has 4 heterocycles. The molecule has 0 aliphatic carbocycles. The molecule has 1 aliphatic rings. The summed E-state index contributed by atoms with van der Waals surface area (Å²) in [6, 6.07) is 5.83. The largest absolute Gasteiger partial charge is 0.353 e. The molecule has 0 unspecified atom stereocenters. The Kier molecular flexibility index (Phi) is 4.15. The Labute approximate surface area is 139 Å². The Hall–Kier alpha value is -2.81. The van der Waals surface area contributed by atoms with Gasteiger partial charge < -0.3 is 4.90 Å². The third kappa shape index (κ3) is 3.25. The lowest BCUT2D eigenvalue weighted by atomic mass is 10.3. The van der Waals surface area contributed by atoms with Gasteiger partial charge in [0.15, 0.2) is 11.6 Å². The molecule has 0 amide bonds. The topological polar surface area (TPSA) is 80.8 Å². The van der Waals surface area contributed by atoms with Crippen LogP contribution >= 0.6 is 0 Å². The molecule has 1 saturated heterocycles. The van der Waals surface area contributed by atoms with E-state index in [4.69, 9.17) is 0 Å². The van der Waals surface area contributed by atoms with Crippen LogP contribution in [0.2, 0.25) is 0 Å². The summed E-state index contributed by atoms with van der Waals surface area (Å²) in [5.41, 5.74) is 0. The van der Waals surface area contributed by atoms with Gasteiger partial charge in [-0.05, 0) is 18.2 Å². The molecule has 9 nitrogen and oxygen atoms in total. The fraction of sp³-hybridized carbons (Fsp3) is 0.400. The van der Waals surface area contributed by atoms with Crippen molar-refractivity contribution >= 4 is 5.82 Å². The van der Waals surface area contributed by atoms with Crippen LogP contribution in [0.3, 0.4) is 0 Å². The van der Waals surface area contributed by atoms with Crippen LogP contribution in [0, 0.1) is 0 Å². The summed E-state index contributed by atoms with van der Waals surface area (Å²) in [6.45, 7) is 5.79. The van der Waals surface area contributed by atoms with Gasteiger partial charge in [0, 0.05) is 51.3 Å². The summed E-state index contributed by atoms with van der Waals surface area (Å²) in [6.07, 6.45) is 7.20. The van der Waals surface area contributed by atoms with E-state index in [2.05, 4.69) is 35.4 Å². The van der Waals surface area contributed by atoms with E-state index in [0.29, 0.717) is 0 Å². The molecule has 0 spiro atoms. The van der Waals surface area contributed by atoms with Crippen molar-refractivity contribution in [2.45, 2.75) is 6.54 Å². The van der Waals surface area contributed by atoms with Crippen LogP contribution in [0.5, 0.6) is 0 Å². The number of aromatic nitrogens is 7. The lowest BCUT2D eigenvalue weighted by Crippen LogP contribution is -2.47. The molecule has 0 bridgehead atoms. The van der Waals surface area contributed by atoms with Crippen molar-refractivity contribution < 1.29 is 0 Å². The first-order chi connectivity index (χ1) is 11.9. The van der Waals surface area contributed by atoms with Gasteiger partial charge in [-0.25, -0.2) is 4.68 Å². The second-order valence-corrected chi connectivity index (χ2v) is 5.70. The molecule has 0 N–H and O–H groups in total. The Morgan fingerprint density at radius 3 is 2.38 bits per heavy atom. The van der Waals surface area contributed by atoms with Crippen LogP contribution in [0.4, 0.5) is 5.82 Å². The summed E-state index contributed by atoms with van der Waals surface area (Å²) < 4.78 is 3.57. The van der Waals surface area contributed by atoms with Crippen molar-refractivity contribution in [1.82, 2.24) is 39.9 Å². The summed E-state index contributed by atoms with van der Waals surface area (Å²) in [5, 5.41) is 20.6. The minimum atomic E-state index is 0.732. The number of rotatable bonds is 5. The molecule has 9 heteroatoms. The van der Waals surface area contributed by atoms with Crippen molar-refractivity contribution in [2.75, 3.05) is 37.6 Å². The number of nitrogens with zero attached hydrogens (tertiary/aromatic N) is 9. The third-order valence-corrected chi connectivity index (χ3v) is 4.19. The molecule has 0 saturated carbocycles. The van der Waals surface area contributed by atoms with Crippen LogP contribution in [-0.2, 0) is 6.54 Å². The number of piperazine rings is 1. The highest BCUT2D eigenvalue weighted by Gasteiger charge is 2.18. The monoisotopic (exact) mass is 325 g/mol. The first-order valence-electron chi connectivity index (χ1n) is 8.04. The van der Waals surface area contributed by atoms with Gasteiger partial charge in [0.2, 0.25) is 0 Å². The molecule has 0 radical (unpaired) electrons. The zero-order chi connectivity index (χ0) is 16.2. The summed E-state index contributed by atoms with van der Waals surface area (Å²) >= 11 is 0. The van der Waals surface area contributed by atoms with Gasteiger partial charge in [0.05, 0.1) is 12.7 Å². The van der Waals surface area contributed by atoms with E-state index in [0.717, 1.165) is 50.9 Å². The van der Waals surface area contributed by atoms with E-state index in [-0.39, 0.29) is 0 Å². The van der Waals surface area contributed by atoms with Crippen LogP contribution < -0.4 is 4.90 Å². The predicted octanol–water partition coefficient (Wildman–Crippen LogP) is 0.0760. The van der Waals surface area contributed by atoms with E-state index >= 15 is 0 Å². The fourth-order valence-electron chi connectivity index (χ4n) is 2.81. The van der Waals surface area contributed by atoms with E-state index in [1.165, 1.54) is 0 Å². The average molecular weight is 325 g/mol. The van der Waals surface area contributed by atoms with E-state index in [9.17, 15) is 0 Å². The normalized spacial score (nSPS) is 15.8. The number of hydrogen-bond donors (Lipinski definition) is 0. The molecule has 24 heavy (non-hydrogen) atoms. The van der Waals surface area contributed by atoms with Crippen molar-refractivity contribution in [3.05, 3.63) is 43.0 Å². The van der Waals surface area contributed by atoms with Gasteiger partial charge >= 0.3 is 0 Å².